The minimum absolute atomic E-state index is 0.00196. The summed E-state index contributed by atoms with van der Waals surface area (Å²) in [5.74, 6) is -0.318. The van der Waals surface area contributed by atoms with Gasteiger partial charge in [-0.1, -0.05) is 72.8 Å². The highest BCUT2D eigenvalue weighted by Gasteiger charge is 2.62. The fraction of sp³-hybridized carbons (Fsp3) is 0.367. The molecule has 1 saturated carbocycles. The Labute approximate surface area is 216 Å². The number of unbranched alkanes of at least 4 members (excludes halogenated alkanes) is 1. The van der Waals surface area contributed by atoms with Gasteiger partial charge in [0.1, 0.15) is 6.61 Å². The lowest BCUT2D eigenvalue weighted by Gasteiger charge is -2.21. The van der Waals surface area contributed by atoms with E-state index in [1.807, 2.05) is 42.5 Å². The average Bonchev–Trinajstić information content (AvgIpc) is 3.50. The van der Waals surface area contributed by atoms with Gasteiger partial charge in [0.2, 0.25) is 6.79 Å². The van der Waals surface area contributed by atoms with E-state index in [2.05, 4.69) is 30.3 Å². The summed E-state index contributed by atoms with van der Waals surface area (Å²) >= 11 is 0. The monoisotopic (exact) mass is 501 g/mol. The highest BCUT2D eigenvalue weighted by atomic mass is 16.7. The fourth-order valence-electron chi connectivity index (χ4n) is 5.23. The number of ether oxygens (including phenoxy) is 3. The standard InChI is InChI=1S/C30H31NO6/c32-27(35-19-22-8-2-1-3-9-22)12-6-7-13-28(33)36-21-37-29(34)31-18-26-17-30(26,20-31)25-15-14-23-10-4-5-11-24(23)16-25/h1-5,8-11,14-16,26H,6-7,12-13,17-21H2/t26-,30+/m1/s1. The van der Waals surface area contributed by atoms with E-state index in [0.717, 1.165) is 12.0 Å². The first-order valence-electron chi connectivity index (χ1n) is 12.8. The molecule has 1 aliphatic carbocycles. The molecule has 0 unspecified atom stereocenters. The van der Waals surface area contributed by atoms with Crippen molar-refractivity contribution in [3.05, 3.63) is 83.9 Å². The van der Waals surface area contributed by atoms with Crippen molar-refractivity contribution in [1.29, 1.82) is 0 Å². The minimum Gasteiger partial charge on any atom is -0.461 e. The molecule has 7 heteroatoms. The molecule has 3 aromatic carbocycles. The molecular weight excluding hydrogens is 470 g/mol. The number of fused-ring (bicyclic) bond motifs is 2. The summed E-state index contributed by atoms with van der Waals surface area (Å²) in [5.41, 5.74) is 2.20. The van der Waals surface area contributed by atoms with Gasteiger partial charge in [0.15, 0.2) is 0 Å². The predicted octanol–water partition coefficient (Wildman–Crippen LogP) is 5.35. The van der Waals surface area contributed by atoms with Crippen molar-refractivity contribution < 1.29 is 28.6 Å². The molecule has 3 aromatic rings. The second-order valence-electron chi connectivity index (χ2n) is 9.90. The maximum atomic E-state index is 12.5. The highest BCUT2D eigenvalue weighted by molar-refractivity contribution is 5.83. The van der Waals surface area contributed by atoms with Gasteiger partial charge in [-0.15, -0.1) is 0 Å². The number of likely N-dealkylation sites (tertiary alicyclic amines) is 1. The van der Waals surface area contributed by atoms with E-state index in [9.17, 15) is 14.4 Å². The number of hydrogen-bond acceptors (Lipinski definition) is 6. The van der Waals surface area contributed by atoms with Gasteiger partial charge in [-0.05, 0) is 47.1 Å². The molecule has 2 atom stereocenters. The second-order valence-corrected chi connectivity index (χ2v) is 9.90. The zero-order valence-electron chi connectivity index (χ0n) is 20.8. The molecule has 5 rings (SSSR count). The van der Waals surface area contributed by atoms with Crippen LogP contribution in [0, 0.1) is 5.92 Å². The first-order valence-corrected chi connectivity index (χ1v) is 12.8. The number of esters is 2. The largest absolute Gasteiger partial charge is 0.461 e. The highest BCUT2D eigenvalue weighted by Crippen LogP contribution is 2.59. The van der Waals surface area contributed by atoms with Crippen LogP contribution in [0.1, 0.15) is 43.2 Å². The van der Waals surface area contributed by atoms with Crippen LogP contribution in [-0.4, -0.2) is 42.8 Å². The molecule has 2 aliphatic rings. The van der Waals surface area contributed by atoms with Crippen molar-refractivity contribution in [2.45, 2.75) is 44.1 Å². The van der Waals surface area contributed by atoms with Crippen LogP contribution < -0.4 is 0 Å². The molecule has 0 radical (unpaired) electrons. The molecule has 0 N–H and O–H groups in total. The molecule has 1 saturated heterocycles. The lowest BCUT2D eigenvalue weighted by Crippen LogP contribution is -2.34. The van der Waals surface area contributed by atoms with Gasteiger partial charge in [0, 0.05) is 31.3 Å². The average molecular weight is 502 g/mol. The van der Waals surface area contributed by atoms with E-state index in [1.165, 1.54) is 16.3 Å². The van der Waals surface area contributed by atoms with Crippen molar-refractivity contribution >= 4 is 28.8 Å². The van der Waals surface area contributed by atoms with E-state index >= 15 is 0 Å². The van der Waals surface area contributed by atoms with E-state index < -0.39 is 18.9 Å². The summed E-state index contributed by atoms with van der Waals surface area (Å²) in [4.78, 5) is 38.0. The topological polar surface area (TPSA) is 82.1 Å². The van der Waals surface area contributed by atoms with Crippen molar-refractivity contribution in [2.24, 2.45) is 5.92 Å². The van der Waals surface area contributed by atoms with Crippen LogP contribution in [0.2, 0.25) is 0 Å². The van der Waals surface area contributed by atoms with Crippen LogP contribution in [0.4, 0.5) is 4.79 Å². The maximum absolute atomic E-state index is 12.5. The summed E-state index contributed by atoms with van der Waals surface area (Å²) in [6.45, 7) is 1.11. The molecule has 2 fully saturated rings. The predicted molar refractivity (Wildman–Crippen MR) is 137 cm³/mol. The maximum Gasteiger partial charge on any atom is 0.412 e. The zero-order chi connectivity index (χ0) is 25.7. The lowest BCUT2D eigenvalue weighted by molar-refractivity contribution is -0.153. The third kappa shape index (κ3) is 5.93. The van der Waals surface area contributed by atoms with Gasteiger partial charge < -0.3 is 19.1 Å². The van der Waals surface area contributed by atoms with Crippen molar-refractivity contribution in [2.75, 3.05) is 19.9 Å². The Hall–Kier alpha value is -3.87. The van der Waals surface area contributed by atoms with Crippen LogP contribution in [0.25, 0.3) is 10.8 Å². The van der Waals surface area contributed by atoms with Gasteiger partial charge in [0.25, 0.3) is 0 Å². The summed E-state index contributed by atoms with van der Waals surface area (Å²) in [6, 6.07) is 24.3. The Morgan fingerprint density at radius 3 is 2.30 bits per heavy atom. The number of benzene rings is 3. The van der Waals surface area contributed by atoms with Gasteiger partial charge in [0.05, 0.1) is 0 Å². The van der Waals surface area contributed by atoms with Crippen LogP contribution >= 0.6 is 0 Å². The Bertz CT molecular complexity index is 1280. The number of piperidine rings is 1. The summed E-state index contributed by atoms with van der Waals surface area (Å²) in [5, 5.41) is 2.41. The Kier molecular flexibility index (Phi) is 7.40. The summed E-state index contributed by atoms with van der Waals surface area (Å²) in [6.07, 6.45) is 2.03. The van der Waals surface area contributed by atoms with Crippen LogP contribution in [0.5, 0.6) is 0 Å². The molecule has 37 heavy (non-hydrogen) atoms. The van der Waals surface area contributed by atoms with E-state index in [1.54, 1.807) is 4.90 Å². The lowest BCUT2D eigenvalue weighted by atomic mass is 9.93. The number of amides is 1. The summed E-state index contributed by atoms with van der Waals surface area (Å²) in [7, 11) is 0. The van der Waals surface area contributed by atoms with E-state index in [-0.39, 0.29) is 30.8 Å². The van der Waals surface area contributed by atoms with E-state index in [0.29, 0.717) is 31.8 Å². The summed E-state index contributed by atoms with van der Waals surface area (Å²) < 4.78 is 15.5. The fourth-order valence-corrected chi connectivity index (χ4v) is 5.23. The van der Waals surface area contributed by atoms with Crippen LogP contribution in [0.3, 0.4) is 0 Å². The van der Waals surface area contributed by atoms with Gasteiger partial charge in [-0.2, -0.15) is 0 Å². The number of nitrogens with zero attached hydrogens (tertiary/aromatic N) is 1. The first kappa shape index (κ1) is 24.8. The second kappa shape index (κ2) is 11.0. The molecule has 7 nitrogen and oxygen atoms in total. The molecule has 0 spiro atoms. The molecule has 0 bridgehead atoms. The van der Waals surface area contributed by atoms with Crippen LogP contribution in [0.15, 0.2) is 72.8 Å². The molecule has 1 aliphatic heterocycles. The normalized spacial score (nSPS) is 19.8. The SMILES string of the molecule is O=C(CCCCC(=O)OCc1ccccc1)OCOC(=O)N1C[C@H]2C[C@@]2(c2ccc3ccccc3c2)C1. The number of hydrogen-bond donors (Lipinski definition) is 0. The minimum atomic E-state index is -0.457. The molecular formula is C30H31NO6. The van der Waals surface area contributed by atoms with Crippen molar-refractivity contribution in [1.82, 2.24) is 4.90 Å². The van der Waals surface area contributed by atoms with Gasteiger partial charge >= 0.3 is 18.0 Å². The zero-order valence-corrected chi connectivity index (χ0v) is 20.8. The number of carbonyl (C=O) groups is 3. The van der Waals surface area contributed by atoms with E-state index in [4.69, 9.17) is 14.2 Å². The Balaban J connectivity index is 0.970. The van der Waals surface area contributed by atoms with Crippen molar-refractivity contribution in [3.8, 4) is 0 Å². The number of rotatable bonds is 10. The smallest absolute Gasteiger partial charge is 0.412 e. The molecule has 1 amide bonds. The van der Waals surface area contributed by atoms with Crippen molar-refractivity contribution in [3.63, 3.8) is 0 Å². The first-order chi connectivity index (χ1) is 18.0. The Morgan fingerprint density at radius 2 is 1.51 bits per heavy atom. The third-order valence-electron chi connectivity index (χ3n) is 7.39. The Morgan fingerprint density at radius 1 is 0.811 bits per heavy atom. The van der Waals surface area contributed by atoms with Gasteiger partial charge in [-0.3, -0.25) is 9.59 Å². The molecule has 0 aromatic heterocycles. The van der Waals surface area contributed by atoms with Crippen LogP contribution in [-0.2, 0) is 35.8 Å². The molecule has 192 valence electrons. The third-order valence-corrected chi connectivity index (χ3v) is 7.39. The molecule has 1 heterocycles. The number of carbonyl (C=O) groups excluding carboxylic acids is 3. The quantitative estimate of drug-likeness (QED) is 0.212. The van der Waals surface area contributed by atoms with Gasteiger partial charge in [-0.25, -0.2) is 4.79 Å².